The summed E-state index contributed by atoms with van der Waals surface area (Å²) in [4.78, 5) is 1.65. The summed E-state index contributed by atoms with van der Waals surface area (Å²) < 4.78 is 2.03. The molecule has 0 saturated carbocycles. The van der Waals surface area contributed by atoms with Crippen molar-refractivity contribution in [3.63, 3.8) is 0 Å². The van der Waals surface area contributed by atoms with E-state index in [0.717, 1.165) is 24.7 Å². The first-order valence-corrected chi connectivity index (χ1v) is 9.29. The van der Waals surface area contributed by atoms with Crippen LogP contribution in [0.2, 0.25) is 0 Å². The fourth-order valence-corrected chi connectivity index (χ4v) is 3.87. The number of benzene rings is 1. The van der Waals surface area contributed by atoms with E-state index in [9.17, 15) is 0 Å². The third-order valence-electron chi connectivity index (χ3n) is 5.32. The third-order valence-corrected chi connectivity index (χ3v) is 5.32. The van der Waals surface area contributed by atoms with Crippen LogP contribution in [0.1, 0.15) is 51.0 Å². The van der Waals surface area contributed by atoms with Gasteiger partial charge in [-0.2, -0.15) is 0 Å². The number of likely N-dealkylation sites (tertiary alicyclic amines) is 1. The molecule has 0 aliphatic carbocycles. The molecular weight excluding hydrogens is 298 g/mol. The number of piperidine rings is 1. The summed E-state index contributed by atoms with van der Waals surface area (Å²) in [5, 5.41) is 12.7. The molecule has 0 bridgehead atoms. The molecule has 5 nitrogen and oxygen atoms in total. The fourth-order valence-electron chi connectivity index (χ4n) is 3.87. The average Bonchev–Trinajstić information content (AvgIpc) is 3.04. The highest BCUT2D eigenvalue weighted by Crippen LogP contribution is 2.19. The Morgan fingerprint density at radius 2 is 1.88 bits per heavy atom. The molecule has 2 aromatic rings. The number of quaternary nitrogens is 1. The van der Waals surface area contributed by atoms with Crippen LogP contribution in [0.25, 0.3) is 0 Å². The van der Waals surface area contributed by atoms with Gasteiger partial charge in [0.25, 0.3) is 0 Å². The molecule has 1 fully saturated rings. The van der Waals surface area contributed by atoms with Gasteiger partial charge in [-0.3, -0.25) is 0 Å². The number of aromatic nitrogens is 4. The lowest BCUT2D eigenvalue weighted by Gasteiger charge is -2.34. The standard InChI is InChI=1S/C19H29N5/c1-15(2)18(23-12-9-16(3)10-13-23)19-20-21-22-24(19)14-11-17-7-5-4-6-8-17/h4-8,15-16,18H,9-14H2,1-3H3/p+1/t18-/m1/s1. The fraction of sp³-hybridized carbons (Fsp3) is 0.632. The summed E-state index contributed by atoms with van der Waals surface area (Å²) in [5.74, 6) is 2.45. The summed E-state index contributed by atoms with van der Waals surface area (Å²) in [6.07, 6.45) is 3.59. The molecule has 1 saturated heterocycles. The maximum absolute atomic E-state index is 4.43. The van der Waals surface area contributed by atoms with Crippen LogP contribution in [-0.2, 0) is 13.0 Å². The van der Waals surface area contributed by atoms with E-state index < -0.39 is 0 Å². The number of rotatable bonds is 6. The first-order valence-electron chi connectivity index (χ1n) is 9.29. The summed E-state index contributed by atoms with van der Waals surface area (Å²) in [6.45, 7) is 10.3. The Hall–Kier alpha value is -1.75. The number of tetrazole rings is 1. The molecule has 0 spiro atoms. The van der Waals surface area contributed by atoms with E-state index in [0.29, 0.717) is 12.0 Å². The van der Waals surface area contributed by atoms with Crippen LogP contribution in [0, 0.1) is 11.8 Å². The minimum Gasteiger partial charge on any atom is -0.326 e. The van der Waals surface area contributed by atoms with Gasteiger partial charge in [-0.15, -0.1) is 5.10 Å². The lowest BCUT2D eigenvalue weighted by atomic mass is 9.94. The monoisotopic (exact) mass is 328 g/mol. The Bertz CT molecular complexity index is 614. The normalized spacial score (nSPS) is 22.7. The highest BCUT2D eigenvalue weighted by Gasteiger charge is 2.34. The van der Waals surface area contributed by atoms with E-state index in [4.69, 9.17) is 0 Å². The molecule has 1 aliphatic heterocycles. The van der Waals surface area contributed by atoms with E-state index in [1.54, 1.807) is 4.90 Å². The molecule has 3 rings (SSSR count). The van der Waals surface area contributed by atoms with Gasteiger partial charge in [-0.1, -0.05) is 51.1 Å². The van der Waals surface area contributed by atoms with E-state index in [1.807, 2.05) is 4.68 Å². The molecule has 130 valence electrons. The number of nitrogens with one attached hydrogen (secondary N) is 1. The van der Waals surface area contributed by atoms with Crippen molar-refractivity contribution in [1.29, 1.82) is 0 Å². The number of nitrogens with zero attached hydrogens (tertiary/aromatic N) is 4. The van der Waals surface area contributed by atoms with Crippen LogP contribution in [-0.4, -0.2) is 33.3 Å². The number of aryl methyl sites for hydroxylation is 2. The molecule has 0 amide bonds. The van der Waals surface area contributed by atoms with Gasteiger partial charge in [-0.05, 0) is 41.2 Å². The average molecular weight is 328 g/mol. The SMILES string of the molecule is CC1CC[NH+]([C@@H](c2nnnn2CCc2ccccc2)C(C)C)CC1. The Morgan fingerprint density at radius 3 is 2.54 bits per heavy atom. The van der Waals surface area contributed by atoms with Crippen LogP contribution < -0.4 is 4.90 Å². The maximum atomic E-state index is 4.43. The largest absolute Gasteiger partial charge is 0.326 e. The maximum Gasteiger partial charge on any atom is 0.209 e. The van der Waals surface area contributed by atoms with Gasteiger partial charge in [-0.25, -0.2) is 4.68 Å². The van der Waals surface area contributed by atoms with E-state index in [2.05, 4.69) is 66.6 Å². The predicted octanol–water partition coefficient (Wildman–Crippen LogP) is 1.93. The van der Waals surface area contributed by atoms with Crippen molar-refractivity contribution in [1.82, 2.24) is 20.2 Å². The smallest absolute Gasteiger partial charge is 0.209 e. The Morgan fingerprint density at radius 1 is 1.17 bits per heavy atom. The molecule has 1 aliphatic rings. The molecule has 1 aromatic carbocycles. The van der Waals surface area contributed by atoms with E-state index >= 15 is 0 Å². The van der Waals surface area contributed by atoms with E-state index in [1.165, 1.54) is 31.5 Å². The van der Waals surface area contributed by atoms with Crippen LogP contribution >= 0.6 is 0 Å². The second-order valence-corrected chi connectivity index (χ2v) is 7.56. The van der Waals surface area contributed by atoms with Gasteiger partial charge in [0.1, 0.15) is 0 Å². The summed E-state index contributed by atoms with van der Waals surface area (Å²) in [7, 11) is 0. The molecule has 24 heavy (non-hydrogen) atoms. The van der Waals surface area contributed by atoms with Crippen molar-refractivity contribution < 1.29 is 4.90 Å². The van der Waals surface area contributed by atoms with E-state index in [-0.39, 0.29) is 0 Å². The van der Waals surface area contributed by atoms with Crippen molar-refractivity contribution in [2.24, 2.45) is 11.8 Å². The second kappa shape index (κ2) is 7.88. The third kappa shape index (κ3) is 4.01. The zero-order valence-electron chi connectivity index (χ0n) is 15.2. The van der Waals surface area contributed by atoms with Crippen LogP contribution in [0.5, 0.6) is 0 Å². The number of hydrogen-bond donors (Lipinski definition) is 1. The van der Waals surface area contributed by atoms with Gasteiger partial charge >= 0.3 is 0 Å². The first-order chi connectivity index (χ1) is 11.6. The minimum absolute atomic E-state index is 0.392. The lowest BCUT2D eigenvalue weighted by Crippen LogP contribution is -3.14. The van der Waals surface area contributed by atoms with Gasteiger partial charge in [0.15, 0.2) is 6.04 Å². The van der Waals surface area contributed by atoms with Gasteiger partial charge < -0.3 is 4.90 Å². The number of hydrogen-bond acceptors (Lipinski definition) is 3. The predicted molar refractivity (Wildman–Crippen MR) is 94.6 cm³/mol. The Kier molecular flexibility index (Phi) is 5.61. The summed E-state index contributed by atoms with van der Waals surface area (Å²) in [6, 6.07) is 11.0. The summed E-state index contributed by atoms with van der Waals surface area (Å²) in [5.41, 5.74) is 1.33. The molecule has 1 aromatic heterocycles. The van der Waals surface area contributed by atoms with Crippen LogP contribution in [0.4, 0.5) is 0 Å². The zero-order valence-corrected chi connectivity index (χ0v) is 15.2. The lowest BCUT2D eigenvalue weighted by molar-refractivity contribution is -0.942. The molecule has 5 heteroatoms. The van der Waals surface area contributed by atoms with Crippen LogP contribution in [0.3, 0.4) is 0 Å². The van der Waals surface area contributed by atoms with Gasteiger partial charge in [0.05, 0.1) is 13.1 Å². The molecule has 0 unspecified atom stereocenters. The highest BCUT2D eigenvalue weighted by atomic mass is 15.5. The Labute approximate surface area is 145 Å². The van der Waals surface area contributed by atoms with Crippen molar-refractivity contribution in [3.05, 3.63) is 41.7 Å². The molecule has 2 heterocycles. The topological polar surface area (TPSA) is 48.0 Å². The van der Waals surface area contributed by atoms with Crippen molar-refractivity contribution >= 4 is 0 Å². The first kappa shape index (κ1) is 17.1. The molecule has 1 atom stereocenters. The zero-order chi connectivity index (χ0) is 16.9. The Balaban J connectivity index is 1.73. The molecular formula is C19H30N5+. The second-order valence-electron chi connectivity index (χ2n) is 7.56. The van der Waals surface area contributed by atoms with Gasteiger partial charge in [0.2, 0.25) is 5.82 Å². The van der Waals surface area contributed by atoms with Gasteiger partial charge in [0, 0.05) is 12.5 Å². The summed E-state index contributed by atoms with van der Waals surface area (Å²) >= 11 is 0. The highest BCUT2D eigenvalue weighted by molar-refractivity contribution is 5.14. The quantitative estimate of drug-likeness (QED) is 0.881. The van der Waals surface area contributed by atoms with Crippen LogP contribution in [0.15, 0.2) is 30.3 Å². The molecule has 0 radical (unpaired) electrons. The van der Waals surface area contributed by atoms with Crippen molar-refractivity contribution in [3.8, 4) is 0 Å². The minimum atomic E-state index is 0.392. The molecule has 1 N–H and O–H groups in total. The van der Waals surface area contributed by atoms with Crippen molar-refractivity contribution in [2.45, 2.75) is 52.6 Å². The van der Waals surface area contributed by atoms with Crippen molar-refractivity contribution in [2.75, 3.05) is 13.1 Å².